The fourth-order valence-electron chi connectivity index (χ4n) is 4.11. The first-order valence-electron chi connectivity index (χ1n) is 9.31. The highest BCUT2D eigenvalue weighted by Crippen LogP contribution is 2.38. The highest BCUT2D eigenvalue weighted by molar-refractivity contribution is 7.09. The zero-order valence-corrected chi connectivity index (χ0v) is 16.6. The van der Waals surface area contributed by atoms with E-state index in [1.165, 1.54) is 6.20 Å². The summed E-state index contributed by atoms with van der Waals surface area (Å²) in [4.78, 5) is 29.4. The molecule has 8 heteroatoms. The lowest BCUT2D eigenvalue weighted by Crippen LogP contribution is -2.72. The van der Waals surface area contributed by atoms with Gasteiger partial charge in [0, 0.05) is 30.9 Å². The summed E-state index contributed by atoms with van der Waals surface area (Å²) < 4.78 is 5.94. The number of piperidine rings is 1. The molecule has 2 aromatic heterocycles. The van der Waals surface area contributed by atoms with Gasteiger partial charge >= 0.3 is 0 Å². The Morgan fingerprint density at radius 1 is 1.41 bits per heavy atom. The summed E-state index contributed by atoms with van der Waals surface area (Å²) in [6, 6.07) is 0. The highest BCUT2D eigenvalue weighted by Gasteiger charge is 2.51. The lowest BCUT2D eigenvalue weighted by Gasteiger charge is -2.58. The summed E-state index contributed by atoms with van der Waals surface area (Å²) in [5, 5.41) is 3.14. The van der Waals surface area contributed by atoms with Crippen molar-refractivity contribution in [3.63, 3.8) is 0 Å². The summed E-state index contributed by atoms with van der Waals surface area (Å²) in [6.45, 7) is 5.89. The first-order chi connectivity index (χ1) is 13.1. The number of amides is 1. The Bertz CT molecular complexity index is 790. The van der Waals surface area contributed by atoms with Crippen molar-refractivity contribution in [2.75, 3.05) is 33.3 Å². The summed E-state index contributed by atoms with van der Waals surface area (Å²) in [5.74, 6) is 0.495. The molecular formula is C19H25N5O2S. The molecule has 27 heavy (non-hydrogen) atoms. The Morgan fingerprint density at radius 3 is 2.96 bits per heavy atom. The van der Waals surface area contributed by atoms with Crippen LogP contribution in [0.25, 0.3) is 0 Å². The van der Waals surface area contributed by atoms with Gasteiger partial charge in [0.15, 0.2) is 0 Å². The van der Waals surface area contributed by atoms with Gasteiger partial charge in [0.1, 0.15) is 5.69 Å². The van der Waals surface area contributed by atoms with Crippen molar-refractivity contribution in [2.24, 2.45) is 5.92 Å². The molecule has 0 N–H and O–H groups in total. The van der Waals surface area contributed by atoms with Crippen LogP contribution in [0, 0.1) is 12.8 Å². The van der Waals surface area contributed by atoms with E-state index in [0.29, 0.717) is 18.2 Å². The topological polar surface area (TPSA) is 71.5 Å². The molecule has 0 aliphatic carbocycles. The van der Waals surface area contributed by atoms with Gasteiger partial charge in [0.25, 0.3) is 5.91 Å². The number of hydrogen-bond donors (Lipinski definition) is 0. The largest absolute Gasteiger partial charge is 0.375 e. The first kappa shape index (κ1) is 18.5. The van der Waals surface area contributed by atoms with Crippen LogP contribution in [0.2, 0.25) is 0 Å². The number of ether oxygens (including phenoxy) is 1. The van der Waals surface area contributed by atoms with E-state index < -0.39 is 0 Å². The van der Waals surface area contributed by atoms with Gasteiger partial charge in [0.05, 0.1) is 35.7 Å². The van der Waals surface area contributed by atoms with Crippen molar-refractivity contribution in [3.05, 3.63) is 40.4 Å². The minimum Gasteiger partial charge on any atom is -0.375 e. The Hall–Kier alpha value is -1.90. The Balaban J connectivity index is 1.30. The smallest absolute Gasteiger partial charge is 0.274 e. The summed E-state index contributed by atoms with van der Waals surface area (Å²) >= 11 is 1.66. The van der Waals surface area contributed by atoms with Crippen LogP contribution in [0.3, 0.4) is 0 Å². The maximum Gasteiger partial charge on any atom is 0.274 e. The molecule has 1 amide bonds. The van der Waals surface area contributed by atoms with Gasteiger partial charge in [0.2, 0.25) is 0 Å². The van der Waals surface area contributed by atoms with Crippen LogP contribution in [0.4, 0.5) is 0 Å². The third kappa shape index (κ3) is 3.88. The zero-order chi connectivity index (χ0) is 18.9. The lowest BCUT2D eigenvalue weighted by molar-refractivity contribution is -0.0770. The van der Waals surface area contributed by atoms with E-state index >= 15 is 0 Å². The quantitative estimate of drug-likeness (QED) is 0.781. The molecule has 1 spiro atoms. The molecule has 2 aliphatic heterocycles. The molecule has 2 aromatic rings. The predicted octanol–water partition coefficient (Wildman–Crippen LogP) is 1.99. The molecule has 0 saturated carbocycles. The second-order valence-corrected chi connectivity index (χ2v) is 8.69. The number of rotatable bonds is 5. The fourth-order valence-corrected chi connectivity index (χ4v) is 4.70. The molecule has 2 saturated heterocycles. The van der Waals surface area contributed by atoms with Crippen molar-refractivity contribution in [1.82, 2.24) is 24.8 Å². The molecule has 1 atom stereocenters. The number of carbonyl (C=O) groups excluding carboxylic acids is 1. The van der Waals surface area contributed by atoms with Crippen LogP contribution >= 0.6 is 11.3 Å². The van der Waals surface area contributed by atoms with Crippen molar-refractivity contribution >= 4 is 17.2 Å². The maximum atomic E-state index is 12.5. The molecule has 7 nitrogen and oxygen atoms in total. The van der Waals surface area contributed by atoms with E-state index in [9.17, 15) is 4.79 Å². The Labute approximate surface area is 163 Å². The molecule has 2 aliphatic rings. The average molecular weight is 388 g/mol. The van der Waals surface area contributed by atoms with Gasteiger partial charge in [-0.15, -0.1) is 11.3 Å². The molecule has 4 heterocycles. The number of hydrogen-bond acceptors (Lipinski definition) is 7. The van der Waals surface area contributed by atoms with Crippen molar-refractivity contribution in [3.8, 4) is 0 Å². The normalized spacial score (nSPS) is 22.0. The molecule has 0 unspecified atom stereocenters. The van der Waals surface area contributed by atoms with Gasteiger partial charge in [-0.3, -0.25) is 14.7 Å². The van der Waals surface area contributed by atoms with Gasteiger partial charge in [-0.1, -0.05) is 0 Å². The number of carbonyl (C=O) groups is 1. The molecule has 2 fully saturated rings. The second kappa shape index (κ2) is 7.61. The number of aryl methyl sites for hydroxylation is 1. The van der Waals surface area contributed by atoms with Crippen LogP contribution < -0.4 is 0 Å². The third-order valence-electron chi connectivity index (χ3n) is 5.66. The molecule has 4 rings (SSSR count). The number of likely N-dealkylation sites (N-methyl/N-ethyl adjacent to an activating group) is 1. The third-order valence-corrected chi connectivity index (χ3v) is 6.48. The Kier molecular flexibility index (Phi) is 5.21. The SMILES string of the molecule is Cc1nc(COC[C@@H]2CCN(C)C3(C2)CN(C(=O)c2cnccn2)C3)cs1. The monoisotopic (exact) mass is 387 g/mol. The van der Waals surface area contributed by atoms with Crippen molar-refractivity contribution in [1.29, 1.82) is 0 Å². The fraction of sp³-hybridized carbons (Fsp3) is 0.579. The van der Waals surface area contributed by atoms with E-state index in [2.05, 4.69) is 32.3 Å². The zero-order valence-electron chi connectivity index (χ0n) is 15.8. The molecule has 144 valence electrons. The molecule has 0 bridgehead atoms. The van der Waals surface area contributed by atoms with E-state index in [1.54, 1.807) is 23.7 Å². The van der Waals surface area contributed by atoms with Crippen LogP contribution in [0.15, 0.2) is 24.0 Å². The van der Waals surface area contributed by atoms with Gasteiger partial charge in [-0.2, -0.15) is 0 Å². The number of thiazole rings is 1. The molecule has 0 radical (unpaired) electrons. The van der Waals surface area contributed by atoms with E-state index in [4.69, 9.17) is 4.74 Å². The van der Waals surface area contributed by atoms with Crippen LogP contribution in [-0.2, 0) is 11.3 Å². The van der Waals surface area contributed by atoms with Crippen molar-refractivity contribution in [2.45, 2.75) is 31.9 Å². The summed E-state index contributed by atoms with van der Waals surface area (Å²) in [7, 11) is 2.17. The van der Waals surface area contributed by atoms with Crippen molar-refractivity contribution < 1.29 is 9.53 Å². The minimum absolute atomic E-state index is 0.0283. The Morgan fingerprint density at radius 2 is 2.26 bits per heavy atom. The number of aromatic nitrogens is 3. The van der Waals surface area contributed by atoms with Crippen LogP contribution in [0.5, 0.6) is 0 Å². The number of nitrogens with zero attached hydrogens (tertiary/aromatic N) is 5. The predicted molar refractivity (Wildman–Crippen MR) is 103 cm³/mol. The van der Waals surface area contributed by atoms with Crippen LogP contribution in [0.1, 0.15) is 34.0 Å². The molecule has 0 aromatic carbocycles. The average Bonchev–Trinajstić information content (AvgIpc) is 3.06. The minimum atomic E-state index is -0.0283. The lowest BCUT2D eigenvalue weighted by atomic mass is 9.75. The first-order valence-corrected chi connectivity index (χ1v) is 10.2. The van der Waals surface area contributed by atoms with Gasteiger partial charge in [-0.25, -0.2) is 9.97 Å². The van der Waals surface area contributed by atoms with E-state index in [0.717, 1.165) is 49.8 Å². The van der Waals surface area contributed by atoms with Gasteiger partial charge < -0.3 is 9.64 Å². The standard InChI is InChI=1S/C19H25N5O2S/c1-14-22-16(11-27-14)10-26-9-15-3-6-23(2)19(7-15)12-24(13-19)18(25)17-8-20-4-5-21-17/h4-5,8,11,15H,3,6-7,9-10,12-13H2,1-2H3/t15-/m1/s1. The maximum absolute atomic E-state index is 12.5. The summed E-state index contributed by atoms with van der Waals surface area (Å²) in [5.41, 5.74) is 1.51. The van der Waals surface area contributed by atoms with E-state index in [-0.39, 0.29) is 11.4 Å². The number of likely N-dealkylation sites (tertiary alicyclic amines) is 2. The van der Waals surface area contributed by atoms with Gasteiger partial charge in [-0.05, 0) is 39.3 Å². The second-order valence-electron chi connectivity index (χ2n) is 7.63. The highest BCUT2D eigenvalue weighted by atomic mass is 32.1. The molecular weight excluding hydrogens is 362 g/mol. The summed E-state index contributed by atoms with van der Waals surface area (Å²) in [6.07, 6.45) is 6.87. The van der Waals surface area contributed by atoms with E-state index in [1.807, 2.05) is 11.8 Å². The van der Waals surface area contributed by atoms with Crippen LogP contribution in [-0.4, -0.2) is 69.5 Å².